The van der Waals surface area contributed by atoms with Crippen molar-refractivity contribution in [2.24, 2.45) is 0 Å². The molecule has 6 nitrogen and oxygen atoms in total. The summed E-state index contributed by atoms with van der Waals surface area (Å²) in [5, 5.41) is 7.52. The number of carbonyl (C=O) groups excluding carboxylic acids is 1. The van der Waals surface area contributed by atoms with Crippen molar-refractivity contribution in [3.63, 3.8) is 0 Å². The third kappa shape index (κ3) is 4.81. The van der Waals surface area contributed by atoms with Crippen LogP contribution in [-0.4, -0.2) is 67.8 Å². The van der Waals surface area contributed by atoms with Gasteiger partial charge in [-0.1, -0.05) is 18.2 Å². The van der Waals surface area contributed by atoms with Crippen LogP contribution in [0.1, 0.15) is 12.5 Å². The fourth-order valence-electron chi connectivity index (χ4n) is 3.20. The molecule has 1 aliphatic heterocycles. The predicted octanol–water partition coefficient (Wildman–Crippen LogP) is 1.14. The first kappa shape index (κ1) is 17.9. The van der Waals surface area contributed by atoms with Crippen LogP contribution in [0.5, 0.6) is 0 Å². The van der Waals surface area contributed by atoms with E-state index in [0.717, 1.165) is 31.6 Å². The summed E-state index contributed by atoms with van der Waals surface area (Å²) >= 11 is 0. The van der Waals surface area contributed by atoms with Gasteiger partial charge in [0.15, 0.2) is 0 Å². The Labute approximate surface area is 148 Å². The van der Waals surface area contributed by atoms with E-state index in [-0.39, 0.29) is 18.1 Å². The molecule has 1 aromatic heterocycles. The number of nitrogens with one attached hydrogen (secondary N) is 3. The van der Waals surface area contributed by atoms with E-state index < -0.39 is 0 Å². The Hall–Kier alpha value is -1.89. The molecule has 1 fully saturated rings. The van der Waals surface area contributed by atoms with Gasteiger partial charge in [-0.2, -0.15) is 0 Å². The van der Waals surface area contributed by atoms with Crippen molar-refractivity contribution >= 4 is 16.8 Å². The highest BCUT2D eigenvalue weighted by atomic mass is 16.5. The average Bonchev–Trinajstić information content (AvgIpc) is 3.03. The van der Waals surface area contributed by atoms with Gasteiger partial charge in [-0.05, 0) is 32.0 Å². The molecule has 0 radical (unpaired) electrons. The zero-order valence-electron chi connectivity index (χ0n) is 15.0. The topological polar surface area (TPSA) is 69.4 Å². The Balaban J connectivity index is 1.39. The molecule has 0 aliphatic carbocycles. The number of aromatic nitrogens is 1. The van der Waals surface area contributed by atoms with E-state index in [2.05, 4.69) is 39.7 Å². The summed E-state index contributed by atoms with van der Waals surface area (Å²) in [6.07, 6.45) is 2.99. The largest absolute Gasteiger partial charge is 0.374 e. The van der Waals surface area contributed by atoms with Crippen molar-refractivity contribution in [2.75, 3.05) is 39.8 Å². The number of para-hydroxylation sites is 1. The number of benzene rings is 1. The van der Waals surface area contributed by atoms with Crippen LogP contribution < -0.4 is 10.6 Å². The Morgan fingerprint density at radius 2 is 2.28 bits per heavy atom. The maximum atomic E-state index is 12.2. The summed E-state index contributed by atoms with van der Waals surface area (Å²) < 4.78 is 5.71. The molecule has 0 saturated carbocycles. The van der Waals surface area contributed by atoms with Crippen molar-refractivity contribution < 1.29 is 9.53 Å². The molecule has 1 aromatic carbocycles. The lowest BCUT2D eigenvalue weighted by Crippen LogP contribution is -2.49. The highest BCUT2D eigenvalue weighted by molar-refractivity contribution is 5.83. The first-order valence-corrected chi connectivity index (χ1v) is 8.99. The molecule has 6 heteroatoms. The predicted molar refractivity (Wildman–Crippen MR) is 99.7 cm³/mol. The summed E-state index contributed by atoms with van der Waals surface area (Å²) in [4.78, 5) is 17.8. The first-order chi connectivity index (χ1) is 12.1. The molecule has 3 N–H and O–H groups in total. The molecule has 0 bridgehead atoms. The normalized spacial score (nSPS) is 19.8. The highest BCUT2D eigenvalue weighted by Crippen LogP contribution is 2.17. The Kier molecular flexibility index (Phi) is 6.07. The molecular weight excluding hydrogens is 316 g/mol. The molecule has 136 valence electrons. The molecule has 2 aromatic rings. The second-order valence-corrected chi connectivity index (χ2v) is 6.79. The fraction of sp³-hybridized carbons (Fsp3) is 0.526. The Morgan fingerprint density at radius 3 is 3.12 bits per heavy atom. The van der Waals surface area contributed by atoms with Gasteiger partial charge in [0.1, 0.15) is 0 Å². The van der Waals surface area contributed by atoms with Crippen LogP contribution in [0, 0.1) is 0 Å². The van der Waals surface area contributed by atoms with Gasteiger partial charge in [-0.3, -0.25) is 4.79 Å². The van der Waals surface area contributed by atoms with Gasteiger partial charge in [0.25, 0.3) is 0 Å². The number of hydrogen-bond donors (Lipinski definition) is 3. The monoisotopic (exact) mass is 344 g/mol. The van der Waals surface area contributed by atoms with E-state index in [4.69, 9.17) is 4.74 Å². The van der Waals surface area contributed by atoms with E-state index in [1.807, 2.05) is 25.3 Å². The molecule has 0 spiro atoms. The minimum atomic E-state index is -0.223. The van der Waals surface area contributed by atoms with Crippen molar-refractivity contribution in [1.82, 2.24) is 20.5 Å². The maximum absolute atomic E-state index is 12.2. The summed E-state index contributed by atoms with van der Waals surface area (Å²) in [5.41, 5.74) is 2.37. The lowest BCUT2D eigenvalue weighted by atomic mass is 10.1. The van der Waals surface area contributed by atoms with Crippen LogP contribution in [0.2, 0.25) is 0 Å². The van der Waals surface area contributed by atoms with Gasteiger partial charge in [0.2, 0.25) is 5.91 Å². The zero-order valence-corrected chi connectivity index (χ0v) is 15.0. The van der Waals surface area contributed by atoms with Crippen LogP contribution in [-0.2, 0) is 16.0 Å². The van der Waals surface area contributed by atoms with Crippen LogP contribution in [0.25, 0.3) is 10.9 Å². The van der Waals surface area contributed by atoms with Crippen LogP contribution >= 0.6 is 0 Å². The number of ether oxygens (including phenoxy) is 1. The van der Waals surface area contributed by atoms with Crippen molar-refractivity contribution in [1.29, 1.82) is 0 Å². The van der Waals surface area contributed by atoms with Gasteiger partial charge < -0.3 is 25.3 Å². The summed E-state index contributed by atoms with van der Waals surface area (Å²) in [5.74, 6) is 0.0315. The van der Waals surface area contributed by atoms with Gasteiger partial charge in [0, 0.05) is 43.3 Å². The van der Waals surface area contributed by atoms with E-state index in [1.54, 1.807) is 0 Å². The molecule has 2 heterocycles. The van der Waals surface area contributed by atoms with E-state index in [1.165, 1.54) is 10.9 Å². The fourth-order valence-corrected chi connectivity index (χ4v) is 3.20. The van der Waals surface area contributed by atoms with Gasteiger partial charge in [-0.15, -0.1) is 0 Å². The maximum Gasteiger partial charge on any atom is 0.236 e. The second-order valence-electron chi connectivity index (χ2n) is 6.79. The first-order valence-electron chi connectivity index (χ1n) is 8.99. The number of amides is 1. The van der Waals surface area contributed by atoms with Crippen LogP contribution in [0.15, 0.2) is 30.5 Å². The van der Waals surface area contributed by atoms with Crippen LogP contribution in [0.3, 0.4) is 0 Å². The lowest BCUT2D eigenvalue weighted by Gasteiger charge is -2.30. The minimum Gasteiger partial charge on any atom is -0.374 e. The highest BCUT2D eigenvalue weighted by Gasteiger charge is 2.19. The molecule has 2 atom stereocenters. The zero-order chi connectivity index (χ0) is 17.6. The van der Waals surface area contributed by atoms with E-state index >= 15 is 0 Å². The van der Waals surface area contributed by atoms with Gasteiger partial charge in [0.05, 0.1) is 18.8 Å². The molecule has 1 amide bonds. The van der Waals surface area contributed by atoms with Gasteiger partial charge in [-0.25, -0.2) is 0 Å². The number of nitrogens with zero attached hydrogens (tertiary/aromatic N) is 1. The number of morpholine rings is 1. The lowest BCUT2D eigenvalue weighted by molar-refractivity contribution is -0.122. The van der Waals surface area contributed by atoms with Crippen LogP contribution in [0.4, 0.5) is 0 Å². The third-order valence-corrected chi connectivity index (χ3v) is 4.76. The Bertz CT molecular complexity index is 700. The molecule has 1 saturated heterocycles. The molecule has 0 unspecified atom stereocenters. The quantitative estimate of drug-likeness (QED) is 0.704. The van der Waals surface area contributed by atoms with Crippen molar-refractivity contribution in [2.45, 2.75) is 25.5 Å². The smallest absolute Gasteiger partial charge is 0.236 e. The number of aromatic amines is 1. The van der Waals surface area contributed by atoms with E-state index in [9.17, 15) is 4.79 Å². The standard InChI is InChI=1S/C19H28N4O2/c1-14(21-12-16-13-23(2)9-10-25-16)19(24)20-8-7-15-11-22-18-6-4-3-5-17(15)18/h3-6,11,14,16,21-22H,7-10,12-13H2,1-2H3,(H,20,24)/t14-,16+/m1/s1. The summed E-state index contributed by atoms with van der Waals surface area (Å²) in [7, 11) is 2.09. The summed E-state index contributed by atoms with van der Waals surface area (Å²) in [6, 6.07) is 8.00. The number of rotatable bonds is 7. The van der Waals surface area contributed by atoms with E-state index in [0.29, 0.717) is 13.1 Å². The third-order valence-electron chi connectivity index (χ3n) is 4.76. The molecule has 25 heavy (non-hydrogen) atoms. The number of likely N-dealkylation sites (N-methyl/N-ethyl adjacent to an activating group) is 1. The molecular formula is C19H28N4O2. The number of fused-ring (bicyclic) bond motifs is 1. The molecule has 1 aliphatic rings. The van der Waals surface area contributed by atoms with Crippen molar-refractivity contribution in [3.8, 4) is 0 Å². The Morgan fingerprint density at radius 1 is 1.44 bits per heavy atom. The summed E-state index contributed by atoms with van der Waals surface area (Å²) in [6.45, 7) is 5.86. The second kappa shape index (κ2) is 8.47. The van der Waals surface area contributed by atoms with Crippen molar-refractivity contribution in [3.05, 3.63) is 36.0 Å². The number of carbonyl (C=O) groups is 1. The van der Waals surface area contributed by atoms with Gasteiger partial charge >= 0.3 is 0 Å². The number of H-pyrrole nitrogens is 1. The molecule has 3 rings (SSSR count). The number of hydrogen-bond acceptors (Lipinski definition) is 4. The SMILES string of the molecule is C[C@@H](NC[C@H]1CN(C)CCO1)C(=O)NCCc1c[nH]c2ccccc12. The average molecular weight is 344 g/mol. The minimum absolute atomic E-state index is 0.0315.